The number of halogens is 1. The van der Waals surface area contributed by atoms with E-state index in [1.807, 2.05) is 31.3 Å². The number of furan rings is 1. The number of carbonyl (C=O) groups is 1. The Bertz CT molecular complexity index is 591. The first-order valence-corrected chi connectivity index (χ1v) is 6.61. The van der Waals surface area contributed by atoms with Gasteiger partial charge in [0.05, 0.1) is 12.1 Å². The molecule has 0 bridgehead atoms. The van der Waals surface area contributed by atoms with Crippen molar-refractivity contribution < 1.29 is 14.3 Å². The fourth-order valence-corrected chi connectivity index (χ4v) is 2.08. The third-order valence-electron chi connectivity index (χ3n) is 3.32. The van der Waals surface area contributed by atoms with Crippen molar-refractivity contribution in [3.8, 4) is 0 Å². The molecule has 1 unspecified atom stereocenters. The number of hydrogen-bond acceptors (Lipinski definition) is 3. The highest BCUT2D eigenvalue weighted by Crippen LogP contribution is 2.22. The van der Waals surface area contributed by atoms with Crippen LogP contribution >= 0.6 is 11.6 Å². The van der Waals surface area contributed by atoms with E-state index < -0.39 is 5.97 Å². The highest BCUT2D eigenvalue weighted by Gasteiger charge is 2.15. The Hall–Kier alpha value is -1.78. The fourth-order valence-electron chi connectivity index (χ4n) is 1.95. The number of rotatable bonds is 5. The maximum absolute atomic E-state index is 10.8. The van der Waals surface area contributed by atoms with Crippen LogP contribution in [0.15, 0.2) is 41.0 Å². The smallest absolute Gasteiger partial charge is 0.338 e. The van der Waals surface area contributed by atoms with E-state index in [1.54, 1.807) is 6.07 Å². The van der Waals surface area contributed by atoms with Crippen LogP contribution in [0.2, 0.25) is 5.02 Å². The van der Waals surface area contributed by atoms with Crippen molar-refractivity contribution in [3.63, 3.8) is 0 Å². The summed E-state index contributed by atoms with van der Waals surface area (Å²) in [4.78, 5) is 12.9. The minimum atomic E-state index is -0.978. The Morgan fingerprint density at radius 2 is 2.05 bits per heavy atom. The molecule has 0 saturated carbocycles. The standard InChI is InChI=1S/C15H16ClNO3/c1-10(11-3-5-13(16)6-4-11)17(2)8-14-7-12(9-20-14)15(18)19/h3-7,9-10H,8H2,1-2H3,(H,18,19). The summed E-state index contributed by atoms with van der Waals surface area (Å²) in [7, 11) is 1.96. The van der Waals surface area contributed by atoms with Crippen molar-refractivity contribution in [2.75, 3.05) is 7.05 Å². The summed E-state index contributed by atoms with van der Waals surface area (Å²) in [5.74, 6) is -0.348. The van der Waals surface area contributed by atoms with E-state index in [0.29, 0.717) is 17.3 Å². The average Bonchev–Trinajstić information content (AvgIpc) is 2.87. The SMILES string of the molecule is CC(c1ccc(Cl)cc1)N(C)Cc1cc(C(=O)O)co1. The Kier molecular flexibility index (Phi) is 4.47. The Balaban J connectivity index is 2.04. The Morgan fingerprint density at radius 1 is 1.40 bits per heavy atom. The van der Waals surface area contributed by atoms with Crippen LogP contribution in [0.3, 0.4) is 0 Å². The lowest BCUT2D eigenvalue weighted by atomic mass is 10.1. The molecule has 0 radical (unpaired) electrons. The maximum atomic E-state index is 10.8. The fraction of sp³-hybridized carbons (Fsp3) is 0.267. The van der Waals surface area contributed by atoms with E-state index >= 15 is 0 Å². The zero-order chi connectivity index (χ0) is 14.7. The molecule has 0 saturated heterocycles. The van der Waals surface area contributed by atoms with E-state index in [1.165, 1.54) is 6.26 Å². The lowest BCUT2D eigenvalue weighted by molar-refractivity contribution is 0.0696. The van der Waals surface area contributed by atoms with Crippen LogP contribution in [0.1, 0.15) is 34.6 Å². The van der Waals surface area contributed by atoms with Gasteiger partial charge in [0.15, 0.2) is 0 Å². The van der Waals surface area contributed by atoms with Crippen molar-refractivity contribution in [1.29, 1.82) is 0 Å². The van der Waals surface area contributed by atoms with Crippen molar-refractivity contribution in [2.45, 2.75) is 19.5 Å². The Morgan fingerprint density at radius 3 is 2.60 bits per heavy atom. The van der Waals surface area contributed by atoms with Gasteiger partial charge in [-0.25, -0.2) is 4.79 Å². The summed E-state index contributed by atoms with van der Waals surface area (Å²) in [6.07, 6.45) is 1.26. The summed E-state index contributed by atoms with van der Waals surface area (Å²) in [6, 6.07) is 9.40. The quantitative estimate of drug-likeness (QED) is 0.910. The van der Waals surface area contributed by atoms with E-state index in [-0.39, 0.29) is 11.6 Å². The molecular formula is C15H16ClNO3. The first kappa shape index (κ1) is 14.6. The van der Waals surface area contributed by atoms with Gasteiger partial charge in [-0.3, -0.25) is 4.90 Å². The maximum Gasteiger partial charge on any atom is 0.338 e. The van der Waals surface area contributed by atoms with Crippen LogP contribution in [0.25, 0.3) is 0 Å². The molecule has 20 heavy (non-hydrogen) atoms. The number of carboxylic acid groups (broad SMARTS) is 1. The first-order chi connectivity index (χ1) is 9.47. The molecule has 0 aliphatic heterocycles. The summed E-state index contributed by atoms with van der Waals surface area (Å²) < 4.78 is 5.26. The van der Waals surface area contributed by atoms with Crippen molar-refractivity contribution in [3.05, 3.63) is 58.5 Å². The molecule has 1 N–H and O–H groups in total. The van der Waals surface area contributed by atoms with Gasteiger partial charge in [-0.05, 0) is 37.7 Å². The third-order valence-corrected chi connectivity index (χ3v) is 3.57. The predicted molar refractivity (Wildman–Crippen MR) is 77.0 cm³/mol. The average molecular weight is 294 g/mol. The molecule has 106 valence electrons. The van der Waals surface area contributed by atoms with Gasteiger partial charge in [0.25, 0.3) is 0 Å². The second-order valence-electron chi connectivity index (χ2n) is 4.75. The highest BCUT2D eigenvalue weighted by atomic mass is 35.5. The minimum absolute atomic E-state index is 0.172. The second-order valence-corrected chi connectivity index (χ2v) is 5.19. The number of carboxylic acids is 1. The molecule has 1 heterocycles. The molecule has 0 spiro atoms. The topological polar surface area (TPSA) is 53.7 Å². The molecule has 0 amide bonds. The molecule has 4 nitrogen and oxygen atoms in total. The normalized spacial score (nSPS) is 12.6. The van der Waals surface area contributed by atoms with Gasteiger partial charge in [-0.15, -0.1) is 0 Å². The molecule has 0 aliphatic carbocycles. The largest absolute Gasteiger partial charge is 0.478 e. The zero-order valence-corrected chi connectivity index (χ0v) is 12.1. The lowest BCUT2D eigenvalue weighted by Gasteiger charge is -2.24. The van der Waals surface area contributed by atoms with Crippen molar-refractivity contribution in [1.82, 2.24) is 4.90 Å². The van der Waals surface area contributed by atoms with E-state index in [2.05, 4.69) is 11.8 Å². The van der Waals surface area contributed by atoms with Gasteiger partial charge in [0.2, 0.25) is 0 Å². The third kappa shape index (κ3) is 3.40. The van der Waals surface area contributed by atoms with Gasteiger partial charge >= 0.3 is 5.97 Å². The van der Waals surface area contributed by atoms with Gasteiger partial charge in [-0.1, -0.05) is 23.7 Å². The molecular weight excluding hydrogens is 278 g/mol. The molecule has 1 aromatic carbocycles. The molecule has 2 aromatic rings. The van der Waals surface area contributed by atoms with Crippen molar-refractivity contribution >= 4 is 17.6 Å². The molecule has 5 heteroatoms. The Labute approximate surface area is 122 Å². The van der Waals surface area contributed by atoms with Crippen LogP contribution in [0.4, 0.5) is 0 Å². The molecule has 1 atom stereocenters. The van der Waals surface area contributed by atoms with Crippen LogP contribution in [-0.4, -0.2) is 23.0 Å². The highest BCUT2D eigenvalue weighted by molar-refractivity contribution is 6.30. The van der Waals surface area contributed by atoms with E-state index in [0.717, 1.165) is 5.56 Å². The molecule has 0 fully saturated rings. The number of nitrogens with zero attached hydrogens (tertiary/aromatic N) is 1. The van der Waals surface area contributed by atoms with Crippen molar-refractivity contribution in [2.24, 2.45) is 0 Å². The second kappa shape index (κ2) is 6.11. The van der Waals surface area contributed by atoms with E-state index in [9.17, 15) is 4.79 Å². The van der Waals surface area contributed by atoms with Crippen LogP contribution in [0.5, 0.6) is 0 Å². The summed E-state index contributed by atoms with van der Waals surface area (Å²) in [5, 5.41) is 9.57. The first-order valence-electron chi connectivity index (χ1n) is 6.24. The molecule has 0 aliphatic rings. The summed E-state index contributed by atoms with van der Waals surface area (Å²) in [6.45, 7) is 2.61. The molecule has 1 aromatic heterocycles. The number of benzene rings is 1. The molecule has 2 rings (SSSR count). The monoisotopic (exact) mass is 293 g/mol. The van der Waals surface area contributed by atoms with Gasteiger partial charge < -0.3 is 9.52 Å². The predicted octanol–water partition coefficient (Wildman–Crippen LogP) is 3.82. The summed E-state index contributed by atoms with van der Waals surface area (Å²) in [5.41, 5.74) is 1.31. The zero-order valence-electron chi connectivity index (χ0n) is 11.3. The number of aromatic carboxylic acids is 1. The van der Waals surface area contributed by atoms with E-state index in [4.69, 9.17) is 21.1 Å². The van der Waals surface area contributed by atoms with Crippen LogP contribution < -0.4 is 0 Å². The van der Waals surface area contributed by atoms with Crippen LogP contribution in [0, 0.1) is 0 Å². The van der Waals surface area contributed by atoms with Gasteiger partial charge in [-0.2, -0.15) is 0 Å². The summed E-state index contributed by atoms with van der Waals surface area (Å²) >= 11 is 5.87. The van der Waals surface area contributed by atoms with Gasteiger partial charge in [0, 0.05) is 11.1 Å². The van der Waals surface area contributed by atoms with Crippen LogP contribution in [-0.2, 0) is 6.54 Å². The van der Waals surface area contributed by atoms with Gasteiger partial charge in [0.1, 0.15) is 12.0 Å². The minimum Gasteiger partial charge on any atom is -0.478 e. The lowest BCUT2D eigenvalue weighted by Crippen LogP contribution is -2.21. The number of hydrogen-bond donors (Lipinski definition) is 1.